The van der Waals surface area contributed by atoms with Crippen LogP contribution in [0.25, 0.3) is 0 Å². The van der Waals surface area contributed by atoms with Crippen molar-refractivity contribution in [1.82, 2.24) is 4.98 Å². The highest BCUT2D eigenvalue weighted by Gasteiger charge is 2.09. The summed E-state index contributed by atoms with van der Waals surface area (Å²) in [5, 5.41) is 3.23. The van der Waals surface area contributed by atoms with Crippen molar-refractivity contribution in [2.24, 2.45) is 5.73 Å². The standard InChI is InChI=1S/C11H18N4O/c1-3-7(4-2)15-10-5-8(11(13)16)9(12)6-14-10/h5-7H,3-4,12H2,1-2H3,(H2,13,16)(H,14,15). The van der Waals surface area contributed by atoms with Crippen LogP contribution in [0.4, 0.5) is 11.5 Å². The minimum absolute atomic E-state index is 0.308. The lowest BCUT2D eigenvalue weighted by atomic mass is 10.1. The fourth-order valence-corrected chi connectivity index (χ4v) is 1.46. The molecule has 5 N–H and O–H groups in total. The van der Waals surface area contributed by atoms with Gasteiger partial charge in [0.1, 0.15) is 5.82 Å². The molecule has 0 unspecified atom stereocenters. The molecule has 5 heteroatoms. The number of rotatable bonds is 5. The van der Waals surface area contributed by atoms with Gasteiger partial charge in [-0.25, -0.2) is 4.98 Å². The molecule has 0 aliphatic rings. The van der Waals surface area contributed by atoms with Crippen molar-refractivity contribution in [3.63, 3.8) is 0 Å². The molecule has 0 aliphatic heterocycles. The van der Waals surface area contributed by atoms with E-state index in [9.17, 15) is 4.79 Å². The summed E-state index contributed by atoms with van der Waals surface area (Å²) in [7, 11) is 0. The number of hydrogen-bond donors (Lipinski definition) is 3. The summed E-state index contributed by atoms with van der Waals surface area (Å²) in [6, 6.07) is 1.94. The molecule has 0 bridgehead atoms. The number of anilines is 2. The molecule has 0 aliphatic carbocycles. The Kier molecular flexibility index (Phi) is 4.10. The molecule has 0 spiro atoms. The van der Waals surface area contributed by atoms with Crippen molar-refractivity contribution in [2.75, 3.05) is 11.1 Å². The molecule has 5 nitrogen and oxygen atoms in total. The lowest BCUT2D eigenvalue weighted by molar-refractivity contribution is 0.100. The summed E-state index contributed by atoms with van der Waals surface area (Å²) in [6.45, 7) is 4.18. The maximum Gasteiger partial charge on any atom is 0.250 e. The Morgan fingerprint density at radius 2 is 2.12 bits per heavy atom. The molecule has 0 atom stereocenters. The summed E-state index contributed by atoms with van der Waals surface area (Å²) in [4.78, 5) is 15.2. The molecular weight excluding hydrogens is 204 g/mol. The van der Waals surface area contributed by atoms with Gasteiger partial charge in [0.2, 0.25) is 0 Å². The number of nitrogens with two attached hydrogens (primary N) is 2. The third-order valence-corrected chi connectivity index (χ3v) is 2.54. The lowest BCUT2D eigenvalue weighted by Crippen LogP contribution is -2.19. The van der Waals surface area contributed by atoms with E-state index in [0.29, 0.717) is 23.1 Å². The smallest absolute Gasteiger partial charge is 0.250 e. The van der Waals surface area contributed by atoms with E-state index in [1.54, 1.807) is 6.07 Å². The molecular formula is C11H18N4O. The number of carbonyl (C=O) groups excluding carboxylic acids is 1. The Morgan fingerprint density at radius 3 is 2.62 bits per heavy atom. The second kappa shape index (κ2) is 5.34. The van der Waals surface area contributed by atoms with Crippen LogP contribution in [0.3, 0.4) is 0 Å². The Balaban J connectivity index is 2.90. The van der Waals surface area contributed by atoms with Gasteiger partial charge in [0, 0.05) is 6.04 Å². The van der Waals surface area contributed by atoms with Crippen LogP contribution in [0.1, 0.15) is 37.0 Å². The van der Waals surface area contributed by atoms with E-state index >= 15 is 0 Å². The van der Waals surface area contributed by atoms with Crippen LogP contribution in [-0.2, 0) is 0 Å². The average molecular weight is 222 g/mol. The first kappa shape index (κ1) is 12.3. The average Bonchev–Trinajstić information content (AvgIpc) is 2.27. The van der Waals surface area contributed by atoms with Crippen LogP contribution in [0, 0.1) is 0 Å². The number of primary amides is 1. The van der Waals surface area contributed by atoms with Crippen LogP contribution in [0.15, 0.2) is 12.3 Å². The van der Waals surface area contributed by atoms with Gasteiger partial charge in [-0.3, -0.25) is 4.79 Å². The van der Waals surface area contributed by atoms with Crippen molar-refractivity contribution in [1.29, 1.82) is 0 Å². The van der Waals surface area contributed by atoms with E-state index in [0.717, 1.165) is 12.8 Å². The quantitative estimate of drug-likeness (QED) is 0.701. The van der Waals surface area contributed by atoms with Gasteiger partial charge in [0.25, 0.3) is 5.91 Å². The van der Waals surface area contributed by atoms with Crippen molar-refractivity contribution in [3.8, 4) is 0 Å². The molecule has 0 saturated carbocycles. The molecule has 0 aromatic carbocycles. The number of amides is 1. The maximum absolute atomic E-state index is 11.1. The van der Waals surface area contributed by atoms with Gasteiger partial charge < -0.3 is 16.8 Å². The van der Waals surface area contributed by atoms with E-state index in [-0.39, 0.29) is 0 Å². The summed E-state index contributed by atoms with van der Waals surface area (Å²) >= 11 is 0. The maximum atomic E-state index is 11.1. The molecule has 1 heterocycles. The molecule has 1 aromatic heterocycles. The zero-order valence-electron chi connectivity index (χ0n) is 9.66. The molecule has 1 aromatic rings. The van der Waals surface area contributed by atoms with Crippen LogP contribution in [0.2, 0.25) is 0 Å². The normalized spacial score (nSPS) is 10.4. The molecule has 16 heavy (non-hydrogen) atoms. The number of nitrogen functional groups attached to an aromatic ring is 1. The lowest BCUT2D eigenvalue weighted by Gasteiger charge is -2.16. The first-order valence-corrected chi connectivity index (χ1v) is 5.40. The van der Waals surface area contributed by atoms with Gasteiger partial charge in [-0.2, -0.15) is 0 Å². The number of aromatic nitrogens is 1. The number of nitrogens with zero attached hydrogens (tertiary/aromatic N) is 1. The number of pyridine rings is 1. The Morgan fingerprint density at radius 1 is 1.50 bits per heavy atom. The van der Waals surface area contributed by atoms with Crippen molar-refractivity contribution < 1.29 is 4.79 Å². The van der Waals surface area contributed by atoms with Crippen molar-refractivity contribution >= 4 is 17.4 Å². The summed E-state index contributed by atoms with van der Waals surface area (Å²) in [5.74, 6) is 0.101. The minimum atomic E-state index is -0.535. The SMILES string of the molecule is CCC(CC)Nc1cc(C(N)=O)c(N)cn1. The fourth-order valence-electron chi connectivity index (χ4n) is 1.46. The Hall–Kier alpha value is -1.78. The predicted molar refractivity (Wildman–Crippen MR) is 65.2 cm³/mol. The summed E-state index contributed by atoms with van der Waals surface area (Å²) < 4.78 is 0. The summed E-state index contributed by atoms with van der Waals surface area (Å²) in [6.07, 6.45) is 3.44. The molecule has 1 rings (SSSR count). The highest BCUT2D eigenvalue weighted by atomic mass is 16.1. The van der Waals surface area contributed by atoms with Gasteiger partial charge in [0.15, 0.2) is 0 Å². The van der Waals surface area contributed by atoms with E-state index < -0.39 is 5.91 Å². The highest BCUT2D eigenvalue weighted by molar-refractivity contribution is 5.98. The highest BCUT2D eigenvalue weighted by Crippen LogP contribution is 2.16. The molecule has 88 valence electrons. The second-order valence-electron chi connectivity index (χ2n) is 3.68. The van der Waals surface area contributed by atoms with E-state index in [4.69, 9.17) is 11.5 Å². The monoisotopic (exact) mass is 222 g/mol. The van der Waals surface area contributed by atoms with Gasteiger partial charge in [-0.05, 0) is 18.9 Å². The summed E-state index contributed by atoms with van der Waals surface area (Å²) in [5.41, 5.74) is 11.4. The van der Waals surface area contributed by atoms with Crippen molar-refractivity contribution in [2.45, 2.75) is 32.7 Å². The van der Waals surface area contributed by atoms with Crippen LogP contribution < -0.4 is 16.8 Å². The molecule has 1 amide bonds. The van der Waals surface area contributed by atoms with Crippen LogP contribution >= 0.6 is 0 Å². The topological polar surface area (TPSA) is 94.0 Å². The third-order valence-electron chi connectivity index (χ3n) is 2.54. The van der Waals surface area contributed by atoms with Gasteiger partial charge in [-0.15, -0.1) is 0 Å². The van der Waals surface area contributed by atoms with Gasteiger partial charge >= 0.3 is 0 Å². The zero-order valence-corrected chi connectivity index (χ0v) is 9.66. The first-order chi connectivity index (χ1) is 7.58. The second-order valence-corrected chi connectivity index (χ2v) is 3.68. The molecule has 0 saturated heterocycles. The van der Waals surface area contributed by atoms with Gasteiger partial charge in [-0.1, -0.05) is 13.8 Å². The number of carbonyl (C=O) groups is 1. The van der Waals surface area contributed by atoms with E-state index in [1.165, 1.54) is 6.20 Å². The number of nitrogens with one attached hydrogen (secondary N) is 1. The largest absolute Gasteiger partial charge is 0.397 e. The molecule has 0 radical (unpaired) electrons. The Bertz CT molecular complexity index is 374. The predicted octanol–water partition coefficient (Wildman–Crippen LogP) is 1.36. The van der Waals surface area contributed by atoms with Gasteiger partial charge in [0.05, 0.1) is 17.4 Å². The van der Waals surface area contributed by atoms with E-state index in [2.05, 4.69) is 24.1 Å². The minimum Gasteiger partial charge on any atom is -0.397 e. The van der Waals surface area contributed by atoms with Crippen LogP contribution in [0.5, 0.6) is 0 Å². The number of hydrogen-bond acceptors (Lipinski definition) is 4. The first-order valence-electron chi connectivity index (χ1n) is 5.40. The third kappa shape index (κ3) is 2.85. The molecule has 0 fully saturated rings. The van der Waals surface area contributed by atoms with E-state index in [1.807, 2.05) is 0 Å². The van der Waals surface area contributed by atoms with Crippen molar-refractivity contribution in [3.05, 3.63) is 17.8 Å². The zero-order chi connectivity index (χ0) is 12.1. The fraction of sp³-hybridized carbons (Fsp3) is 0.455. The Labute approximate surface area is 95.2 Å². The van der Waals surface area contributed by atoms with Crippen LogP contribution in [-0.4, -0.2) is 16.9 Å².